The number of rotatable bonds is 4. The minimum Gasteiger partial charge on any atom is -0.208 e. The summed E-state index contributed by atoms with van der Waals surface area (Å²) in [6.45, 7) is 1.88. The van der Waals surface area contributed by atoms with Gasteiger partial charge in [-0.1, -0.05) is 25.1 Å². The van der Waals surface area contributed by atoms with Crippen LogP contribution in [-0.4, -0.2) is 20.4 Å². The number of sulfonamides is 1. The smallest absolute Gasteiger partial charge is 0.208 e. The second kappa shape index (κ2) is 5.77. The highest BCUT2D eigenvalue weighted by molar-refractivity contribution is 7.89. The summed E-state index contributed by atoms with van der Waals surface area (Å²) in [6, 6.07) is 6.38. The predicted molar refractivity (Wildman–Crippen MR) is 73.3 cm³/mol. The van der Waals surface area contributed by atoms with Crippen molar-refractivity contribution >= 4 is 10.0 Å². The molecule has 0 bridgehead atoms. The highest BCUT2D eigenvalue weighted by atomic mass is 32.2. The fourth-order valence-corrected chi connectivity index (χ4v) is 4.12. The molecule has 20 heavy (non-hydrogen) atoms. The molecule has 0 spiro atoms. The van der Waals surface area contributed by atoms with Gasteiger partial charge in [0.1, 0.15) is 0 Å². The summed E-state index contributed by atoms with van der Waals surface area (Å²) in [6.07, 6.45) is 0.464. The van der Waals surface area contributed by atoms with E-state index in [1.807, 2.05) is 6.92 Å². The van der Waals surface area contributed by atoms with E-state index in [-0.39, 0.29) is 30.6 Å². The molecular formula is C14H19F2NO2S. The van der Waals surface area contributed by atoms with Crippen LogP contribution in [0.4, 0.5) is 8.78 Å². The summed E-state index contributed by atoms with van der Waals surface area (Å²) in [5, 5.41) is 0. The third-order valence-corrected chi connectivity index (χ3v) is 5.30. The Balaban J connectivity index is 2.12. The maximum atomic E-state index is 13.1. The van der Waals surface area contributed by atoms with Crippen molar-refractivity contribution < 1.29 is 17.2 Å². The molecule has 6 heteroatoms. The number of aryl methyl sites for hydroxylation is 1. The number of halogens is 2. The molecule has 0 atom stereocenters. The van der Waals surface area contributed by atoms with Crippen LogP contribution in [0.2, 0.25) is 0 Å². The summed E-state index contributed by atoms with van der Waals surface area (Å²) in [4.78, 5) is 0.250. The van der Waals surface area contributed by atoms with Gasteiger partial charge in [0, 0.05) is 18.9 Å². The van der Waals surface area contributed by atoms with Gasteiger partial charge in [-0.05, 0) is 30.9 Å². The first kappa shape index (κ1) is 15.4. The Morgan fingerprint density at radius 2 is 1.85 bits per heavy atom. The van der Waals surface area contributed by atoms with E-state index < -0.39 is 22.0 Å². The molecule has 2 rings (SSSR count). The van der Waals surface area contributed by atoms with Crippen molar-refractivity contribution in [2.75, 3.05) is 0 Å². The summed E-state index contributed by atoms with van der Waals surface area (Å²) < 4.78 is 53.4. The molecule has 1 saturated carbocycles. The van der Waals surface area contributed by atoms with Crippen molar-refractivity contribution in [2.24, 2.45) is 0 Å². The maximum absolute atomic E-state index is 13.1. The van der Waals surface area contributed by atoms with Crippen LogP contribution in [-0.2, 0) is 16.4 Å². The zero-order chi connectivity index (χ0) is 14.8. The molecule has 112 valence electrons. The normalized spacial score (nSPS) is 19.9. The zero-order valence-corrected chi connectivity index (χ0v) is 12.2. The van der Waals surface area contributed by atoms with Gasteiger partial charge >= 0.3 is 0 Å². The summed E-state index contributed by atoms with van der Waals surface area (Å²) in [7, 11) is -3.63. The largest absolute Gasteiger partial charge is 0.248 e. The lowest BCUT2D eigenvalue weighted by molar-refractivity contribution is -0.0387. The average Bonchev–Trinajstić information content (AvgIpc) is 2.41. The van der Waals surface area contributed by atoms with E-state index in [0.717, 1.165) is 5.56 Å². The lowest BCUT2D eigenvalue weighted by Crippen LogP contribution is -2.40. The van der Waals surface area contributed by atoms with Gasteiger partial charge in [0.25, 0.3) is 0 Å². The number of alkyl halides is 2. The number of nitrogens with one attached hydrogen (secondary N) is 1. The molecule has 1 aliphatic carbocycles. The summed E-state index contributed by atoms with van der Waals surface area (Å²) in [5.41, 5.74) is 0.737. The Morgan fingerprint density at radius 1 is 1.25 bits per heavy atom. The lowest BCUT2D eigenvalue weighted by atomic mass is 9.93. The van der Waals surface area contributed by atoms with Crippen molar-refractivity contribution in [3.8, 4) is 0 Å². The van der Waals surface area contributed by atoms with Crippen LogP contribution in [0.25, 0.3) is 0 Å². The van der Waals surface area contributed by atoms with Gasteiger partial charge in [-0.25, -0.2) is 21.9 Å². The van der Waals surface area contributed by atoms with Crippen molar-refractivity contribution in [1.82, 2.24) is 4.72 Å². The first-order valence-corrected chi connectivity index (χ1v) is 8.30. The van der Waals surface area contributed by atoms with Crippen LogP contribution in [0.3, 0.4) is 0 Å². The molecule has 0 aliphatic heterocycles. The molecule has 0 radical (unpaired) electrons. The van der Waals surface area contributed by atoms with Crippen LogP contribution < -0.4 is 4.72 Å². The highest BCUT2D eigenvalue weighted by Gasteiger charge is 2.36. The Morgan fingerprint density at radius 3 is 2.45 bits per heavy atom. The van der Waals surface area contributed by atoms with Crippen molar-refractivity contribution in [2.45, 2.75) is 55.9 Å². The Bertz CT molecular complexity index is 562. The molecule has 1 aromatic carbocycles. The monoisotopic (exact) mass is 303 g/mol. The van der Waals surface area contributed by atoms with Gasteiger partial charge in [0.05, 0.1) is 4.90 Å². The molecule has 0 unspecified atom stereocenters. The number of hydrogen-bond acceptors (Lipinski definition) is 2. The third kappa shape index (κ3) is 3.55. The fraction of sp³-hybridized carbons (Fsp3) is 0.571. The Labute approximate surface area is 118 Å². The lowest BCUT2D eigenvalue weighted by Gasteiger charge is -2.28. The van der Waals surface area contributed by atoms with E-state index in [1.165, 1.54) is 0 Å². The zero-order valence-electron chi connectivity index (χ0n) is 11.4. The highest BCUT2D eigenvalue weighted by Crippen LogP contribution is 2.33. The first-order valence-electron chi connectivity index (χ1n) is 6.82. The van der Waals surface area contributed by atoms with Crippen LogP contribution in [0, 0.1) is 0 Å². The topological polar surface area (TPSA) is 46.2 Å². The quantitative estimate of drug-likeness (QED) is 0.929. The van der Waals surface area contributed by atoms with E-state index in [2.05, 4.69) is 4.72 Å². The molecule has 0 amide bonds. The standard InChI is InChI=1S/C14H19F2NO2S/c1-2-11-5-3-4-6-13(11)20(18,19)17-12-7-9-14(15,16)10-8-12/h3-6,12,17H,2,7-10H2,1H3. The molecule has 1 aromatic rings. The van der Waals surface area contributed by atoms with E-state index in [4.69, 9.17) is 0 Å². The molecule has 0 heterocycles. The van der Waals surface area contributed by atoms with E-state index in [0.29, 0.717) is 6.42 Å². The minimum atomic E-state index is -3.63. The predicted octanol–water partition coefficient (Wildman–Crippen LogP) is 3.11. The molecule has 1 aliphatic rings. The Kier molecular flexibility index (Phi) is 4.44. The molecule has 0 saturated heterocycles. The van der Waals surface area contributed by atoms with Gasteiger partial charge in [0.2, 0.25) is 15.9 Å². The fourth-order valence-electron chi connectivity index (χ4n) is 2.50. The van der Waals surface area contributed by atoms with Crippen molar-refractivity contribution in [1.29, 1.82) is 0 Å². The third-order valence-electron chi connectivity index (χ3n) is 3.68. The maximum Gasteiger partial charge on any atom is 0.248 e. The van der Waals surface area contributed by atoms with Gasteiger partial charge in [-0.15, -0.1) is 0 Å². The molecule has 1 fully saturated rings. The number of benzene rings is 1. The second-order valence-corrected chi connectivity index (χ2v) is 6.90. The van der Waals surface area contributed by atoms with Gasteiger partial charge in [0.15, 0.2) is 0 Å². The van der Waals surface area contributed by atoms with Crippen molar-refractivity contribution in [3.63, 3.8) is 0 Å². The van der Waals surface area contributed by atoms with Crippen molar-refractivity contribution in [3.05, 3.63) is 29.8 Å². The Hall–Kier alpha value is -1.01. The van der Waals surface area contributed by atoms with E-state index >= 15 is 0 Å². The minimum absolute atomic E-state index is 0.181. The molecule has 0 aromatic heterocycles. The van der Waals surface area contributed by atoms with Gasteiger partial charge in [-0.2, -0.15) is 0 Å². The second-order valence-electron chi connectivity index (χ2n) is 5.21. The SMILES string of the molecule is CCc1ccccc1S(=O)(=O)NC1CCC(F)(F)CC1. The molecular weight excluding hydrogens is 284 g/mol. The van der Waals surface area contributed by atoms with Gasteiger partial charge in [-0.3, -0.25) is 0 Å². The molecule has 1 N–H and O–H groups in total. The van der Waals surface area contributed by atoms with Crippen LogP contribution in [0.5, 0.6) is 0 Å². The summed E-state index contributed by atoms with van der Waals surface area (Å²) >= 11 is 0. The average molecular weight is 303 g/mol. The van der Waals surface area contributed by atoms with Crippen LogP contribution in [0.1, 0.15) is 38.2 Å². The van der Waals surface area contributed by atoms with Crippen LogP contribution >= 0.6 is 0 Å². The van der Waals surface area contributed by atoms with Gasteiger partial charge < -0.3 is 0 Å². The van der Waals surface area contributed by atoms with E-state index in [9.17, 15) is 17.2 Å². The van der Waals surface area contributed by atoms with Crippen LogP contribution in [0.15, 0.2) is 29.2 Å². The first-order chi connectivity index (χ1) is 9.34. The number of hydrogen-bond donors (Lipinski definition) is 1. The molecule has 3 nitrogen and oxygen atoms in total. The van der Waals surface area contributed by atoms with E-state index in [1.54, 1.807) is 24.3 Å². The summed E-state index contributed by atoms with van der Waals surface area (Å²) in [5.74, 6) is -2.65.